The molecule has 1 aliphatic heterocycles. The molecule has 0 bridgehead atoms. The first-order valence-corrected chi connectivity index (χ1v) is 8.10. The van der Waals surface area contributed by atoms with E-state index in [0.29, 0.717) is 6.04 Å². The maximum Gasteiger partial charge on any atom is 0.237 e. The molecule has 0 saturated carbocycles. The molecule has 1 saturated heterocycles. The summed E-state index contributed by atoms with van der Waals surface area (Å²) in [6.45, 7) is 12.8. The lowest BCUT2D eigenvalue weighted by Gasteiger charge is -2.35. The molecule has 1 amide bonds. The number of nitrogens with zero attached hydrogens (tertiary/aromatic N) is 1. The lowest BCUT2D eigenvalue weighted by atomic mass is 9.91. The summed E-state index contributed by atoms with van der Waals surface area (Å²) in [6.07, 6.45) is 4.66. The molecule has 0 radical (unpaired) electrons. The highest BCUT2D eigenvalue weighted by Gasteiger charge is 2.36. The van der Waals surface area contributed by atoms with E-state index in [1.807, 2.05) is 6.92 Å². The zero-order valence-electron chi connectivity index (χ0n) is 13.9. The second-order valence-electron chi connectivity index (χ2n) is 6.99. The molecule has 1 aliphatic rings. The summed E-state index contributed by atoms with van der Waals surface area (Å²) < 4.78 is 0. The van der Waals surface area contributed by atoms with Gasteiger partial charge in [-0.15, -0.1) is 0 Å². The van der Waals surface area contributed by atoms with Gasteiger partial charge < -0.3 is 16.0 Å². The number of amides is 1. The van der Waals surface area contributed by atoms with E-state index in [9.17, 15) is 4.79 Å². The van der Waals surface area contributed by atoms with Crippen molar-refractivity contribution in [3.63, 3.8) is 0 Å². The third kappa shape index (κ3) is 4.74. The number of rotatable bonds is 8. The number of hydrogen-bond acceptors (Lipinski definition) is 3. The Morgan fingerprint density at radius 3 is 2.60 bits per heavy atom. The Morgan fingerprint density at radius 1 is 1.45 bits per heavy atom. The van der Waals surface area contributed by atoms with Crippen molar-refractivity contribution < 1.29 is 4.79 Å². The van der Waals surface area contributed by atoms with Gasteiger partial charge in [0, 0.05) is 18.6 Å². The highest BCUT2D eigenvalue weighted by molar-refractivity contribution is 5.84. The molecule has 3 atom stereocenters. The van der Waals surface area contributed by atoms with Crippen LogP contribution in [0.5, 0.6) is 0 Å². The van der Waals surface area contributed by atoms with Crippen molar-refractivity contribution in [2.45, 2.75) is 77.9 Å². The van der Waals surface area contributed by atoms with Gasteiger partial charge in [-0.3, -0.25) is 4.79 Å². The molecule has 1 heterocycles. The van der Waals surface area contributed by atoms with Crippen molar-refractivity contribution in [3.8, 4) is 0 Å². The fraction of sp³-hybridized carbons (Fsp3) is 0.938. The van der Waals surface area contributed by atoms with Crippen LogP contribution in [0.3, 0.4) is 0 Å². The van der Waals surface area contributed by atoms with Crippen LogP contribution in [0.15, 0.2) is 0 Å². The minimum Gasteiger partial charge on any atom is -0.368 e. The number of nitrogens with two attached hydrogens (primary N) is 1. The highest BCUT2D eigenvalue weighted by Crippen LogP contribution is 2.26. The van der Waals surface area contributed by atoms with E-state index < -0.39 is 5.54 Å². The van der Waals surface area contributed by atoms with Gasteiger partial charge in [-0.05, 0) is 59.4 Å². The summed E-state index contributed by atoms with van der Waals surface area (Å²) >= 11 is 0. The molecular formula is C16H33N3O. The highest BCUT2D eigenvalue weighted by atomic mass is 16.1. The second-order valence-corrected chi connectivity index (χ2v) is 6.99. The van der Waals surface area contributed by atoms with E-state index in [-0.39, 0.29) is 11.9 Å². The minimum absolute atomic E-state index is 0.248. The molecule has 20 heavy (non-hydrogen) atoms. The molecule has 3 unspecified atom stereocenters. The van der Waals surface area contributed by atoms with Crippen LogP contribution in [0.2, 0.25) is 0 Å². The van der Waals surface area contributed by atoms with Crippen molar-refractivity contribution in [1.82, 2.24) is 10.2 Å². The fourth-order valence-corrected chi connectivity index (χ4v) is 3.49. The summed E-state index contributed by atoms with van der Waals surface area (Å²) in [5.41, 5.74) is 5.01. The van der Waals surface area contributed by atoms with Crippen LogP contribution in [0.25, 0.3) is 0 Å². The largest absolute Gasteiger partial charge is 0.368 e. The minimum atomic E-state index is -0.615. The van der Waals surface area contributed by atoms with Gasteiger partial charge in [0.05, 0.1) is 5.54 Å². The average Bonchev–Trinajstić information content (AvgIpc) is 2.76. The van der Waals surface area contributed by atoms with E-state index in [1.54, 1.807) is 0 Å². The van der Waals surface area contributed by atoms with Gasteiger partial charge >= 0.3 is 0 Å². The Labute approximate surface area is 124 Å². The van der Waals surface area contributed by atoms with Crippen LogP contribution in [-0.2, 0) is 4.79 Å². The Bertz CT molecular complexity index is 319. The molecule has 118 valence electrons. The molecule has 0 aromatic rings. The molecular weight excluding hydrogens is 250 g/mol. The summed E-state index contributed by atoms with van der Waals surface area (Å²) in [5, 5.41) is 3.35. The van der Waals surface area contributed by atoms with Gasteiger partial charge in [0.15, 0.2) is 0 Å². The fourth-order valence-electron chi connectivity index (χ4n) is 3.49. The van der Waals surface area contributed by atoms with Gasteiger partial charge in [0.25, 0.3) is 0 Å². The summed E-state index contributed by atoms with van der Waals surface area (Å²) in [5.74, 6) is 0.586. The van der Waals surface area contributed by atoms with Gasteiger partial charge in [-0.2, -0.15) is 0 Å². The average molecular weight is 283 g/mol. The topological polar surface area (TPSA) is 58.4 Å². The summed E-state index contributed by atoms with van der Waals surface area (Å²) in [6, 6.07) is 0.645. The molecule has 1 fully saturated rings. The Balaban J connectivity index is 2.58. The van der Waals surface area contributed by atoms with Gasteiger partial charge in [-0.1, -0.05) is 13.3 Å². The predicted octanol–water partition coefficient (Wildman–Crippen LogP) is 2.13. The van der Waals surface area contributed by atoms with Crippen molar-refractivity contribution in [1.29, 1.82) is 0 Å². The SMILES string of the molecule is CCCC1CCN(C(C)CC(C)(NC(C)C)C(N)=O)C1. The van der Waals surface area contributed by atoms with Crippen molar-refractivity contribution in [2.24, 2.45) is 11.7 Å². The van der Waals surface area contributed by atoms with E-state index in [2.05, 4.69) is 37.9 Å². The second kappa shape index (κ2) is 7.41. The van der Waals surface area contributed by atoms with Crippen LogP contribution in [0.1, 0.15) is 60.3 Å². The first kappa shape index (κ1) is 17.4. The van der Waals surface area contributed by atoms with E-state index >= 15 is 0 Å². The summed E-state index contributed by atoms with van der Waals surface area (Å²) in [7, 11) is 0. The third-order valence-corrected chi connectivity index (χ3v) is 4.49. The molecule has 4 nitrogen and oxygen atoms in total. The number of hydrogen-bond donors (Lipinski definition) is 2. The lowest BCUT2D eigenvalue weighted by Crippen LogP contribution is -2.58. The standard InChI is InChI=1S/C16H33N3O/c1-6-7-14-8-9-19(11-14)13(4)10-16(5,15(17)20)18-12(2)3/h12-14,18H,6-11H2,1-5H3,(H2,17,20). The van der Waals surface area contributed by atoms with E-state index in [1.165, 1.54) is 25.8 Å². The molecule has 0 aromatic carbocycles. The molecule has 0 spiro atoms. The summed E-state index contributed by atoms with van der Waals surface area (Å²) in [4.78, 5) is 14.3. The Morgan fingerprint density at radius 2 is 2.10 bits per heavy atom. The maximum atomic E-state index is 11.8. The molecule has 3 N–H and O–H groups in total. The quantitative estimate of drug-likeness (QED) is 0.717. The van der Waals surface area contributed by atoms with Gasteiger partial charge in [0.1, 0.15) is 0 Å². The van der Waals surface area contributed by atoms with Crippen LogP contribution in [0.4, 0.5) is 0 Å². The zero-order valence-corrected chi connectivity index (χ0v) is 13.9. The molecule has 0 aliphatic carbocycles. The number of carbonyl (C=O) groups is 1. The number of likely N-dealkylation sites (tertiary alicyclic amines) is 1. The maximum absolute atomic E-state index is 11.8. The van der Waals surface area contributed by atoms with Crippen molar-refractivity contribution in [2.75, 3.05) is 13.1 Å². The molecule has 1 rings (SSSR count). The smallest absolute Gasteiger partial charge is 0.237 e. The van der Waals surface area contributed by atoms with Gasteiger partial charge in [0.2, 0.25) is 5.91 Å². The van der Waals surface area contributed by atoms with Crippen LogP contribution >= 0.6 is 0 Å². The van der Waals surface area contributed by atoms with Gasteiger partial charge in [-0.25, -0.2) is 0 Å². The molecule has 4 heteroatoms. The first-order chi connectivity index (χ1) is 9.28. The normalized spacial score (nSPS) is 24.8. The van der Waals surface area contributed by atoms with Crippen LogP contribution < -0.4 is 11.1 Å². The number of nitrogens with one attached hydrogen (secondary N) is 1. The van der Waals surface area contributed by atoms with Crippen LogP contribution in [-0.4, -0.2) is 41.5 Å². The van der Waals surface area contributed by atoms with E-state index in [4.69, 9.17) is 5.73 Å². The van der Waals surface area contributed by atoms with Crippen molar-refractivity contribution in [3.05, 3.63) is 0 Å². The monoisotopic (exact) mass is 283 g/mol. The zero-order chi connectivity index (χ0) is 15.3. The lowest BCUT2D eigenvalue weighted by molar-refractivity contribution is -0.124. The number of carbonyl (C=O) groups excluding carboxylic acids is 1. The third-order valence-electron chi connectivity index (χ3n) is 4.49. The van der Waals surface area contributed by atoms with Crippen molar-refractivity contribution >= 4 is 5.91 Å². The number of primary amides is 1. The first-order valence-electron chi connectivity index (χ1n) is 8.10. The Hall–Kier alpha value is -0.610. The van der Waals surface area contributed by atoms with E-state index in [0.717, 1.165) is 18.9 Å². The Kier molecular flexibility index (Phi) is 6.46. The molecule has 0 aromatic heterocycles. The predicted molar refractivity (Wildman–Crippen MR) is 84.5 cm³/mol. The van der Waals surface area contributed by atoms with Crippen LogP contribution in [0, 0.1) is 5.92 Å².